The number of amides is 1. The third-order valence-electron chi connectivity index (χ3n) is 1.97. The van der Waals surface area contributed by atoms with Crippen molar-refractivity contribution < 1.29 is 14.7 Å². The molecule has 0 aromatic rings. The van der Waals surface area contributed by atoms with Crippen LogP contribution in [0.25, 0.3) is 0 Å². The number of rotatable bonds is 1. The Hall–Kier alpha value is -0.610. The largest absolute Gasteiger partial charge is 0.278 e. The lowest BCUT2D eigenvalue weighted by Gasteiger charge is -2.30. The zero-order valence-electron chi connectivity index (χ0n) is 5.58. The average Bonchev–Trinajstić information content (AvgIpc) is 2.12. The Balaban J connectivity index is 1.96. The summed E-state index contributed by atoms with van der Waals surface area (Å²) in [6.45, 7) is 0.0799. The highest BCUT2D eigenvalue weighted by molar-refractivity contribution is 5.77. The maximum Gasteiger partial charge on any atom is 0.278 e. The number of nitrogens with zero attached hydrogens (tertiary/aromatic N) is 1. The first-order chi connectivity index (χ1) is 4.88. The molecular weight excluding hydrogens is 134 g/mol. The first-order valence-electron chi connectivity index (χ1n) is 3.49. The van der Waals surface area contributed by atoms with Gasteiger partial charge in [-0.15, -0.1) is 4.99 Å². The Kier molecular flexibility index (Phi) is 1.35. The molecule has 4 heteroatoms. The molecule has 1 heterocycles. The predicted molar refractivity (Wildman–Crippen MR) is 31.5 cm³/mol. The van der Waals surface area contributed by atoms with Gasteiger partial charge in [-0.3, -0.25) is 4.79 Å². The number of carbonyl (C=O) groups excluding carboxylic acids is 1. The van der Waals surface area contributed by atoms with E-state index in [-0.39, 0.29) is 18.6 Å². The third kappa shape index (κ3) is 0.803. The van der Waals surface area contributed by atoms with Gasteiger partial charge < -0.3 is 0 Å². The molecular formula is C6H9NO3. The number of hydrogen-bond acceptors (Lipinski definition) is 3. The fourth-order valence-electron chi connectivity index (χ4n) is 1.12. The standard InChI is InChI=1S/C6H9NO3/c8-6-4-9-10-7(6)5-2-1-3-5/h5H,1-4H2. The van der Waals surface area contributed by atoms with Crippen molar-refractivity contribution in [3.05, 3.63) is 0 Å². The second-order valence-corrected chi connectivity index (χ2v) is 2.64. The highest BCUT2D eigenvalue weighted by atomic mass is 17.3. The second-order valence-electron chi connectivity index (χ2n) is 2.64. The zero-order chi connectivity index (χ0) is 6.97. The van der Waals surface area contributed by atoms with Gasteiger partial charge in [-0.1, -0.05) is 0 Å². The molecule has 2 aliphatic rings. The minimum absolute atomic E-state index is 0.0512. The molecule has 1 saturated heterocycles. The molecule has 0 radical (unpaired) electrons. The van der Waals surface area contributed by atoms with Crippen LogP contribution in [0.3, 0.4) is 0 Å². The number of hydroxylamine groups is 2. The van der Waals surface area contributed by atoms with Gasteiger partial charge in [-0.2, -0.15) is 5.06 Å². The van der Waals surface area contributed by atoms with Gasteiger partial charge in [0.15, 0.2) is 6.61 Å². The van der Waals surface area contributed by atoms with E-state index in [2.05, 4.69) is 9.88 Å². The van der Waals surface area contributed by atoms with Crippen LogP contribution in [-0.4, -0.2) is 23.6 Å². The molecule has 0 unspecified atom stereocenters. The van der Waals surface area contributed by atoms with Crippen LogP contribution in [0, 0.1) is 0 Å². The molecule has 0 aromatic carbocycles. The van der Waals surface area contributed by atoms with Crippen molar-refractivity contribution in [2.45, 2.75) is 25.3 Å². The molecule has 1 saturated carbocycles. The van der Waals surface area contributed by atoms with Gasteiger partial charge in [-0.05, 0) is 19.3 Å². The number of carbonyl (C=O) groups is 1. The predicted octanol–water partition coefficient (Wildman–Crippen LogP) is 0.244. The summed E-state index contributed by atoms with van der Waals surface area (Å²) in [7, 11) is 0. The molecule has 1 aliphatic carbocycles. The van der Waals surface area contributed by atoms with Gasteiger partial charge >= 0.3 is 0 Å². The molecule has 0 atom stereocenters. The van der Waals surface area contributed by atoms with E-state index in [4.69, 9.17) is 0 Å². The second kappa shape index (κ2) is 2.21. The van der Waals surface area contributed by atoms with Crippen LogP contribution in [-0.2, 0) is 14.7 Å². The quantitative estimate of drug-likeness (QED) is 0.494. The molecule has 56 valence electrons. The highest BCUT2D eigenvalue weighted by Gasteiger charge is 2.34. The molecule has 2 fully saturated rings. The summed E-state index contributed by atoms with van der Waals surface area (Å²) in [6.07, 6.45) is 3.29. The summed E-state index contributed by atoms with van der Waals surface area (Å²) in [5.41, 5.74) is 0. The van der Waals surface area contributed by atoms with Gasteiger partial charge in [0.1, 0.15) is 0 Å². The van der Waals surface area contributed by atoms with E-state index in [1.807, 2.05) is 0 Å². The molecule has 1 aliphatic heterocycles. The Morgan fingerprint density at radius 2 is 2.30 bits per heavy atom. The lowest BCUT2D eigenvalue weighted by Crippen LogP contribution is -2.40. The van der Waals surface area contributed by atoms with Crippen LogP contribution in [0.5, 0.6) is 0 Å². The molecule has 10 heavy (non-hydrogen) atoms. The molecule has 0 bridgehead atoms. The monoisotopic (exact) mass is 143 g/mol. The Morgan fingerprint density at radius 1 is 1.50 bits per heavy atom. The number of hydrogen-bond donors (Lipinski definition) is 0. The van der Waals surface area contributed by atoms with Crippen LogP contribution in [0.15, 0.2) is 0 Å². The summed E-state index contributed by atoms with van der Waals surface area (Å²) in [5.74, 6) is -0.0512. The van der Waals surface area contributed by atoms with E-state index in [0.717, 1.165) is 12.8 Å². The Labute approximate surface area is 58.6 Å². The van der Waals surface area contributed by atoms with Crippen LogP contribution < -0.4 is 0 Å². The van der Waals surface area contributed by atoms with Gasteiger partial charge in [0, 0.05) is 0 Å². The maximum atomic E-state index is 10.9. The normalized spacial score (nSPS) is 27.2. The van der Waals surface area contributed by atoms with E-state index in [0.29, 0.717) is 0 Å². The van der Waals surface area contributed by atoms with Crippen LogP contribution >= 0.6 is 0 Å². The smallest absolute Gasteiger partial charge is 0.270 e. The van der Waals surface area contributed by atoms with Crippen molar-refractivity contribution in [3.63, 3.8) is 0 Å². The zero-order valence-corrected chi connectivity index (χ0v) is 5.58. The summed E-state index contributed by atoms with van der Waals surface area (Å²) in [5, 5.41) is 1.35. The Morgan fingerprint density at radius 3 is 2.70 bits per heavy atom. The fraction of sp³-hybridized carbons (Fsp3) is 0.833. The fourth-order valence-corrected chi connectivity index (χ4v) is 1.12. The SMILES string of the molecule is O=C1COON1C1CCC1. The van der Waals surface area contributed by atoms with Gasteiger partial charge in [-0.25, -0.2) is 4.89 Å². The minimum atomic E-state index is -0.0512. The van der Waals surface area contributed by atoms with Crippen molar-refractivity contribution >= 4 is 5.91 Å². The average molecular weight is 143 g/mol. The van der Waals surface area contributed by atoms with Gasteiger partial charge in [0.05, 0.1) is 6.04 Å². The van der Waals surface area contributed by atoms with Gasteiger partial charge in [0.2, 0.25) is 0 Å². The third-order valence-corrected chi connectivity index (χ3v) is 1.97. The maximum absolute atomic E-state index is 10.9. The van der Waals surface area contributed by atoms with E-state index >= 15 is 0 Å². The van der Waals surface area contributed by atoms with Gasteiger partial charge in [0.25, 0.3) is 5.91 Å². The van der Waals surface area contributed by atoms with Crippen molar-refractivity contribution in [2.24, 2.45) is 0 Å². The van der Waals surface area contributed by atoms with Crippen molar-refractivity contribution in [3.8, 4) is 0 Å². The lowest BCUT2D eigenvalue weighted by molar-refractivity contribution is -0.380. The van der Waals surface area contributed by atoms with Crippen molar-refractivity contribution in [1.29, 1.82) is 0 Å². The summed E-state index contributed by atoms with van der Waals surface area (Å²) in [4.78, 5) is 20.0. The topological polar surface area (TPSA) is 38.8 Å². The van der Waals surface area contributed by atoms with E-state index in [9.17, 15) is 4.79 Å². The molecule has 1 amide bonds. The highest BCUT2D eigenvalue weighted by Crippen LogP contribution is 2.26. The van der Waals surface area contributed by atoms with Crippen LogP contribution in [0.1, 0.15) is 19.3 Å². The molecule has 0 spiro atoms. The first-order valence-corrected chi connectivity index (χ1v) is 3.49. The molecule has 2 rings (SSSR count). The van der Waals surface area contributed by atoms with Crippen LogP contribution in [0.2, 0.25) is 0 Å². The van der Waals surface area contributed by atoms with E-state index < -0.39 is 0 Å². The summed E-state index contributed by atoms with van der Waals surface area (Å²) in [6, 6.07) is 0.287. The van der Waals surface area contributed by atoms with E-state index in [1.54, 1.807) is 0 Å². The van der Waals surface area contributed by atoms with Crippen molar-refractivity contribution in [2.75, 3.05) is 6.61 Å². The molecule has 0 aromatic heterocycles. The van der Waals surface area contributed by atoms with E-state index in [1.165, 1.54) is 11.5 Å². The summed E-state index contributed by atoms with van der Waals surface area (Å²) < 4.78 is 0. The minimum Gasteiger partial charge on any atom is -0.270 e. The Bertz CT molecular complexity index is 155. The van der Waals surface area contributed by atoms with Crippen molar-refractivity contribution in [1.82, 2.24) is 5.06 Å². The van der Waals surface area contributed by atoms with Crippen LogP contribution in [0.4, 0.5) is 0 Å². The first kappa shape index (κ1) is 6.12. The molecule has 0 N–H and O–H groups in total. The summed E-state index contributed by atoms with van der Waals surface area (Å²) >= 11 is 0. The molecule has 4 nitrogen and oxygen atoms in total. The lowest BCUT2D eigenvalue weighted by atomic mass is 9.93.